The van der Waals surface area contributed by atoms with Crippen LogP contribution in [0.3, 0.4) is 0 Å². The van der Waals surface area contributed by atoms with Crippen molar-refractivity contribution in [1.82, 2.24) is 0 Å². The van der Waals surface area contributed by atoms with Crippen molar-refractivity contribution in [3.63, 3.8) is 0 Å². The van der Waals surface area contributed by atoms with Crippen LogP contribution < -0.4 is 9.80 Å². The highest BCUT2D eigenvalue weighted by molar-refractivity contribution is 5.86. The molecule has 80 heavy (non-hydrogen) atoms. The van der Waals surface area contributed by atoms with Gasteiger partial charge >= 0.3 is 0 Å². The van der Waals surface area contributed by atoms with E-state index < -0.39 is 0 Å². The molecule has 2 nitrogen and oxygen atoms in total. The molecule has 0 atom stereocenters. The zero-order chi connectivity index (χ0) is 56.5. The lowest BCUT2D eigenvalue weighted by atomic mass is 9.69. The van der Waals surface area contributed by atoms with E-state index in [0.29, 0.717) is 0 Å². The highest BCUT2D eigenvalue weighted by atomic mass is 15.2. The monoisotopic (exact) mass is 1070 g/mol. The van der Waals surface area contributed by atoms with E-state index in [9.17, 15) is 0 Å². The fourth-order valence-electron chi connectivity index (χ4n) is 13.0. The number of nitrogens with zero attached hydrogens (tertiary/aromatic N) is 2. The van der Waals surface area contributed by atoms with Gasteiger partial charge in [0.1, 0.15) is 0 Å². The third-order valence-electron chi connectivity index (χ3n) is 18.6. The lowest BCUT2D eigenvalue weighted by molar-refractivity contribution is 0.396. The first-order chi connectivity index (χ1) is 38.9. The molecular weight excluding hydrogens is 965 g/mol. The summed E-state index contributed by atoms with van der Waals surface area (Å²) in [6, 6.07) is 62.0. The second kappa shape index (κ2) is 28.7. The van der Waals surface area contributed by atoms with Crippen molar-refractivity contribution in [2.45, 2.75) is 233 Å². The highest BCUT2D eigenvalue weighted by Crippen LogP contribution is 2.56. The van der Waals surface area contributed by atoms with Crippen LogP contribution in [0, 0.1) is 0 Å². The van der Waals surface area contributed by atoms with E-state index in [1.807, 2.05) is 0 Å². The number of hydrogen-bond donors (Lipinski definition) is 0. The minimum Gasteiger partial charge on any atom is -0.311 e. The summed E-state index contributed by atoms with van der Waals surface area (Å²) in [6.07, 6.45) is 28.9. The van der Waals surface area contributed by atoms with Gasteiger partial charge in [0.15, 0.2) is 0 Å². The maximum absolute atomic E-state index is 2.69. The standard InChI is InChI=1S/C78H102N2/c1-11-17-21-23-25-27-56-78(57-28-26-24-22-18-12-2)74-58-63(37-53-72(74)73-54-40-65(59-75(73)78)77(9,10)55-15-5)62-35-45-68(46-36-62)79(66-41-31-60(32-42-66)29-19-13-3)70-49-51-71(52-50-70)80(67-43-33-61(34-44-67)30-20-14-4)69-47-38-64(39-48-69)76(7,8)16-6/h31-54,58-59H,11-30,55-57H2,1-10H3. The van der Waals surface area contributed by atoms with Crippen LogP contribution in [-0.2, 0) is 29.1 Å². The summed E-state index contributed by atoms with van der Waals surface area (Å²) in [5, 5.41) is 0. The summed E-state index contributed by atoms with van der Waals surface area (Å²) in [5.74, 6) is 0. The Bertz CT molecular complexity index is 2940. The molecule has 2 heteroatoms. The zero-order valence-electron chi connectivity index (χ0n) is 51.7. The minimum absolute atomic E-state index is 0.0176. The van der Waals surface area contributed by atoms with E-state index >= 15 is 0 Å². The molecule has 0 fully saturated rings. The highest BCUT2D eigenvalue weighted by Gasteiger charge is 2.43. The molecule has 7 aromatic carbocycles. The summed E-state index contributed by atoms with van der Waals surface area (Å²) in [6.45, 7) is 23.5. The molecule has 0 N–H and O–H groups in total. The van der Waals surface area contributed by atoms with Crippen LogP contribution in [0.4, 0.5) is 34.1 Å². The molecule has 8 rings (SSSR count). The molecule has 0 heterocycles. The maximum Gasteiger partial charge on any atom is 0.0463 e. The van der Waals surface area contributed by atoms with Crippen LogP contribution in [0.2, 0.25) is 0 Å². The summed E-state index contributed by atoms with van der Waals surface area (Å²) < 4.78 is 0. The van der Waals surface area contributed by atoms with Crippen LogP contribution in [0.15, 0.2) is 158 Å². The smallest absolute Gasteiger partial charge is 0.0463 e. The molecule has 1 aliphatic rings. The fourth-order valence-corrected chi connectivity index (χ4v) is 13.0. The topological polar surface area (TPSA) is 6.48 Å². The Kier molecular flexibility index (Phi) is 21.6. The molecular formula is C78H102N2. The Morgan fingerprint density at radius 2 is 0.688 bits per heavy atom. The zero-order valence-corrected chi connectivity index (χ0v) is 51.7. The Hall–Kier alpha value is -5.86. The Morgan fingerprint density at radius 1 is 0.325 bits per heavy atom. The first-order valence-electron chi connectivity index (χ1n) is 32.3. The van der Waals surface area contributed by atoms with Gasteiger partial charge < -0.3 is 9.80 Å². The molecule has 7 aromatic rings. The van der Waals surface area contributed by atoms with Gasteiger partial charge in [0, 0.05) is 39.5 Å². The number of hydrogen-bond acceptors (Lipinski definition) is 2. The third kappa shape index (κ3) is 14.4. The summed E-state index contributed by atoms with van der Waals surface area (Å²) in [4.78, 5) is 4.88. The van der Waals surface area contributed by atoms with E-state index in [2.05, 4.69) is 237 Å². The van der Waals surface area contributed by atoms with E-state index in [1.54, 1.807) is 11.1 Å². The van der Waals surface area contributed by atoms with Crippen LogP contribution in [0.25, 0.3) is 22.3 Å². The molecule has 0 bridgehead atoms. The van der Waals surface area contributed by atoms with Gasteiger partial charge in [-0.05, 0) is 197 Å². The van der Waals surface area contributed by atoms with Crippen molar-refractivity contribution in [2.24, 2.45) is 0 Å². The van der Waals surface area contributed by atoms with Crippen molar-refractivity contribution in [2.75, 3.05) is 9.80 Å². The number of unbranched alkanes of at least 4 members (excludes halogenated alkanes) is 12. The first kappa shape index (κ1) is 60.2. The van der Waals surface area contributed by atoms with Gasteiger partial charge in [0.25, 0.3) is 0 Å². The van der Waals surface area contributed by atoms with Gasteiger partial charge in [-0.1, -0.05) is 244 Å². The SMILES string of the molecule is CCCCCCCCC1(CCCCCCCC)c2cc(-c3ccc(N(c4ccc(CCCC)cc4)c4ccc(N(c5ccc(CCCC)cc5)c5ccc(C(C)(C)CC)cc5)cc4)cc3)ccc2-c2ccc(C(C)(C)CCC)cc21. The fraction of sp³-hybridized carbons (Fsp3) is 0.462. The van der Waals surface area contributed by atoms with Crippen molar-refractivity contribution >= 4 is 34.1 Å². The predicted molar refractivity (Wildman–Crippen MR) is 352 cm³/mol. The lowest BCUT2D eigenvalue weighted by Crippen LogP contribution is -2.27. The Morgan fingerprint density at radius 3 is 1.12 bits per heavy atom. The molecule has 0 amide bonds. The van der Waals surface area contributed by atoms with Gasteiger partial charge in [-0.25, -0.2) is 0 Å². The van der Waals surface area contributed by atoms with Crippen LogP contribution in [0.5, 0.6) is 0 Å². The minimum atomic E-state index is 0.0176. The van der Waals surface area contributed by atoms with Gasteiger partial charge in [0.05, 0.1) is 0 Å². The van der Waals surface area contributed by atoms with E-state index in [1.165, 1.54) is 190 Å². The van der Waals surface area contributed by atoms with Crippen molar-refractivity contribution in [1.29, 1.82) is 0 Å². The molecule has 0 spiro atoms. The van der Waals surface area contributed by atoms with Gasteiger partial charge in [0.2, 0.25) is 0 Å². The van der Waals surface area contributed by atoms with Crippen molar-refractivity contribution in [3.05, 3.63) is 191 Å². The van der Waals surface area contributed by atoms with E-state index in [-0.39, 0.29) is 16.2 Å². The summed E-state index contributed by atoms with van der Waals surface area (Å²) in [7, 11) is 0. The predicted octanol–water partition coefficient (Wildman–Crippen LogP) is 24.5. The molecule has 0 saturated heterocycles. The average molecular weight is 1070 g/mol. The van der Waals surface area contributed by atoms with E-state index in [4.69, 9.17) is 0 Å². The molecule has 424 valence electrons. The molecule has 1 aliphatic carbocycles. The van der Waals surface area contributed by atoms with Gasteiger partial charge in [-0.15, -0.1) is 0 Å². The van der Waals surface area contributed by atoms with Gasteiger partial charge in [-0.3, -0.25) is 0 Å². The second-order valence-electron chi connectivity index (χ2n) is 25.3. The molecule has 0 aliphatic heterocycles. The normalized spacial score (nSPS) is 12.9. The molecule has 0 aromatic heterocycles. The number of aryl methyl sites for hydroxylation is 2. The van der Waals surface area contributed by atoms with Crippen LogP contribution >= 0.6 is 0 Å². The number of anilines is 6. The number of benzene rings is 7. The van der Waals surface area contributed by atoms with Gasteiger partial charge in [-0.2, -0.15) is 0 Å². The first-order valence-corrected chi connectivity index (χ1v) is 32.3. The quantitative estimate of drug-likeness (QED) is 0.0388. The van der Waals surface area contributed by atoms with Crippen molar-refractivity contribution in [3.8, 4) is 22.3 Å². The third-order valence-corrected chi connectivity index (χ3v) is 18.6. The molecule has 0 radical (unpaired) electrons. The molecule has 0 saturated carbocycles. The summed E-state index contributed by atoms with van der Waals surface area (Å²) in [5.41, 5.74) is 21.7. The summed E-state index contributed by atoms with van der Waals surface area (Å²) >= 11 is 0. The largest absolute Gasteiger partial charge is 0.311 e. The molecule has 0 unspecified atom stereocenters. The maximum atomic E-state index is 2.69. The number of rotatable bonds is 32. The Labute approximate surface area is 487 Å². The Balaban J connectivity index is 1.17. The average Bonchev–Trinajstić information content (AvgIpc) is 3.77. The van der Waals surface area contributed by atoms with Crippen LogP contribution in [-0.4, -0.2) is 0 Å². The second-order valence-corrected chi connectivity index (χ2v) is 25.3. The number of fused-ring (bicyclic) bond motifs is 3. The van der Waals surface area contributed by atoms with E-state index in [0.717, 1.165) is 36.3 Å². The van der Waals surface area contributed by atoms with Crippen LogP contribution in [0.1, 0.15) is 237 Å². The van der Waals surface area contributed by atoms with Crippen molar-refractivity contribution < 1.29 is 0 Å². The lowest BCUT2D eigenvalue weighted by Gasteiger charge is -2.34.